The van der Waals surface area contributed by atoms with E-state index >= 15 is 0 Å². The van der Waals surface area contributed by atoms with Crippen LogP contribution in [0.5, 0.6) is 0 Å². The molecule has 3 nitrogen and oxygen atoms in total. The van der Waals surface area contributed by atoms with Crippen molar-refractivity contribution in [2.45, 2.75) is 0 Å². The minimum atomic E-state index is -0.965. The van der Waals surface area contributed by atoms with Gasteiger partial charge in [-0.2, -0.15) is 0 Å². The van der Waals surface area contributed by atoms with E-state index in [2.05, 4.69) is 4.98 Å². The number of fused-ring (bicyclic) bond motifs is 1. The van der Waals surface area contributed by atoms with E-state index < -0.39 is 5.97 Å². The van der Waals surface area contributed by atoms with Crippen molar-refractivity contribution in [3.05, 3.63) is 53.3 Å². The van der Waals surface area contributed by atoms with Gasteiger partial charge in [0.2, 0.25) is 0 Å². The highest BCUT2D eigenvalue weighted by atomic mass is 32.1. The van der Waals surface area contributed by atoms with Gasteiger partial charge in [0, 0.05) is 11.6 Å². The summed E-state index contributed by atoms with van der Waals surface area (Å²) in [6.07, 6.45) is 1.63. The quantitative estimate of drug-likeness (QED) is 0.772. The summed E-state index contributed by atoms with van der Waals surface area (Å²) < 4.78 is 12.9. The van der Waals surface area contributed by atoms with Crippen LogP contribution in [0.15, 0.2) is 42.6 Å². The van der Waals surface area contributed by atoms with E-state index in [9.17, 15) is 9.18 Å². The van der Waals surface area contributed by atoms with Crippen molar-refractivity contribution in [1.29, 1.82) is 0 Å². The number of pyridine rings is 1. The predicted molar refractivity (Wildman–Crippen MR) is 72.0 cm³/mol. The summed E-state index contributed by atoms with van der Waals surface area (Å²) in [5.74, 6) is -1.27. The van der Waals surface area contributed by atoms with Crippen LogP contribution in [0.3, 0.4) is 0 Å². The molecule has 1 aromatic carbocycles. The maximum Gasteiger partial charge on any atom is 0.345 e. The van der Waals surface area contributed by atoms with Crippen molar-refractivity contribution >= 4 is 27.5 Å². The van der Waals surface area contributed by atoms with Gasteiger partial charge in [-0.15, -0.1) is 11.3 Å². The highest BCUT2D eigenvalue weighted by Crippen LogP contribution is 2.32. The topological polar surface area (TPSA) is 50.2 Å². The molecule has 1 N–H and O–H groups in total. The van der Waals surface area contributed by atoms with E-state index in [0.29, 0.717) is 4.83 Å². The Morgan fingerprint density at radius 1 is 1.21 bits per heavy atom. The fourth-order valence-electron chi connectivity index (χ4n) is 1.93. The largest absolute Gasteiger partial charge is 0.477 e. The van der Waals surface area contributed by atoms with Gasteiger partial charge in [-0.25, -0.2) is 14.2 Å². The number of nitrogens with zero attached hydrogens (tertiary/aromatic N) is 1. The van der Waals surface area contributed by atoms with Gasteiger partial charge in [0.1, 0.15) is 15.5 Å². The van der Waals surface area contributed by atoms with Gasteiger partial charge in [-0.3, -0.25) is 0 Å². The molecule has 0 fully saturated rings. The lowest BCUT2D eigenvalue weighted by atomic mass is 10.0. The number of benzene rings is 1. The van der Waals surface area contributed by atoms with Crippen molar-refractivity contribution in [2.75, 3.05) is 0 Å². The Bertz CT molecular complexity index is 765. The fraction of sp³-hybridized carbons (Fsp3) is 0. The van der Waals surface area contributed by atoms with Crippen molar-refractivity contribution in [3.8, 4) is 11.1 Å². The molecular weight excluding hydrogens is 265 g/mol. The first-order chi connectivity index (χ1) is 9.15. The van der Waals surface area contributed by atoms with E-state index in [4.69, 9.17) is 5.11 Å². The molecule has 94 valence electrons. The molecule has 19 heavy (non-hydrogen) atoms. The number of carbonyl (C=O) groups is 1. The molecular formula is C14H8FNO2S. The van der Waals surface area contributed by atoms with E-state index in [0.717, 1.165) is 27.8 Å². The minimum absolute atomic E-state index is 0.247. The maximum absolute atomic E-state index is 12.9. The van der Waals surface area contributed by atoms with Gasteiger partial charge >= 0.3 is 5.97 Å². The Balaban J connectivity index is 2.23. The summed E-state index contributed by atoms with van der Waals surface area (Å²) in [5, 5.41) is 9.79. The number of aromatic nitrogens is 1. The lowest BCUT2D eigenvalue weighted by Gasteiger charge is -2.02. The number of thiophene rings is 1. The summed E-state index contributed by atoms with van der Waals surface area (Å²) >= 11 is 1.13. The number of carboxylic acids is 1. The van der Waals surface area contributed by atoms with E-state index in [1.165, 1.54) is 12.1 Å². The Hall–Kier alpha value is -2.27. The highest BCUT2D eigenvalue weighted by molar-refractivity contribution is 7.20. The lowest BCUT2D eigenvalue weighted by Crippen LogP contribution is -1.89. The normalized spacial score (nSPS) is 10.8. The monoisotopic (exact) mass is 273 g/mol. The Kier molecular flexibility index (Phi) is 2.76. The number of aromatic carboxylic acids is 1. The van der Waals surface area contributed by atoms with Gasteiger partial charge in [0.05, 0.1) is 0 Å². The van der Waals surface area contributed by atoms with Crippen LogP contribution in [-0.4, -0.2) is 16.1 Å². The van der Waals surface area contributed by atoms with Crippen LogP contribution in [-0.2, 0) is 0 Å². The van der Waals surface area contributed by atoms with Crippen molar-refractivity contribution in [1.82, 2.24) is 4.98 Å². The van der Waals surface area contributed by atoms with Crippen LogP contribution in [0.1, 0.15) is 9.67 Å². The fourth-order valence-corrected chi connectivity index (χ4v) is 2.79. The van der Waals surface area contributed by atoms with E-state index in [-0.39, 0.29) is 10.7 Å². The Morgan fingerprint density at radius 3 is 2.63 bits per heavy atom. The van der Waals surface area contributed by atoms with Crippen LogP contribution in [0.4, 0.5) is 4.39 Å². The average Bonchev–Trinajstić information content (AvgIpc) is 2.83. The Labute approximate surface area is 112 Å². The first-order valence-corrected chi connectivity index (χ1v) is 6.34. The van der Waals surface area contributed by atoms with Gasteiger partial charge in [-0.05, 0) is 35.4 Å². The van der Waals surface area contributed by atoms with Gasteiger partial charge in [-0.1, -0.05) is 12.1 Å². The summed E-state index contributed by atoms with van der Waals surface area (Å²) in [5.41, 5.74) is 1.69. The molecule has 0 atom stereocenters. The van der Waals surface area contributed by atoms with Gasteiger partial charge in [0.25, 0.3) is 0 Å². The number of rotatable bonds is 2. The second kappa shape index (κ2) is 4.44. The third-order valence-electron chi connectivity index (χ3n) is 2.80. The van der Waals surface area contributed by atoms with Crippen LogP contribution in [0, 0.1) is 5.82 Å². The van der Waals surface area contributed by atoms with Crippen molar-refractivity contribution in [2.24, 2.45) is 0 Å². The molecule has 3 rings (SSSR count). The second-order valence-corrected chi connectivity index (χ2v) is 5.03. The molecule has 0 aliphatic heterocycles. The van der Waals surface area contributed by atoms with Crippen LogP contribution in [0.25, 0.3) is 21.3 Å². The summed E-state index contributed by atoms with van der Waals surface area (Å²) in [4.78, 5) is 16.1. The first-order valence-electron chi connectivity index (χ1n) is 5.53. The van der Waals surface area contributed by atoms with E-state index in [1.807, 2.05) is 0 Å². The molecule has 2 aromatic heterocycles. The summed E-state index contributed by atoms with van der Waals surface area (Å²) in [6.45, 7) is 0. The molecule has 0 aliphatic carbocycles. The highest BCUT2D eigenvalue weighted by Gasteiger charge is 2.12. The SMILES string of the molecule is O=C(O)c1cc2c(-c3ccc(F)cc3)ccnc2s1. The Morgan fingerprint density at radius 2 is 1.95 bits per heavy atom. The van der Waals surface area contributed by atoms with Crippen molar-refractivity contribution < 1.29 is 14.3 Å². The molecule has 5 heteroatoms. The average molecular weight is 273 g/mol. The standard InChI is InChI=1S/C14H8FNO2S/c15-9-3-1-8(2-4-9)10-5-6-16-13-11(10)7-12(19-13)14(17)18/h1-7H,(H,17,18). The number of carboxylic acid groups (broad SMARTS) is 1. The zero-order valence-corrected chi connectivity index (χ0v) is 10.4. The summed E-state index contributed by atoms with van der Waals surface area (Å²) in [7, 11) is 0. The van der Waals surface area contributed by atoms with Crippen LogP contribution in [0.2, 0.25) is 0 Å². The first kappa shape index (κ1) is 11.8. The van der Waals surface area contributed by atoms with Crippen LogP contribution < -0.4 is 0 Å². The molecule has 0 radical (unpaired) electrons. The molecule has 0 saturated heterocycles. The molecule has 3 aromatic rings. The molecule has 2 heterocycles. The minimum Gasteiger partial charge on any atom is -0.477 e. The smallest absolute Gasteiger partial charge is 0.345 e. The lowest BCUT2D eigenvalue weighted by molar-refractivity contribution is 0.0702. The summed E-state index contributed by atoms with van der Waals surface area (Å²) in [6, 6.07) is 9.50. The molecule has 0 amide bonds. The number of halogens is 1. The third-order valence-corrected chi connectivity index (χ3v) is 3.83. The van der Waals surface area contributed by atoms with Gasteiger partial charge < -0.3 is 5.11 Å². The molecule has 0 bridgehead atoms. The zero-order valence-electron chi connectivity index (χ0n) is 9.63. The molecule has 0 saturated carbocycles. The van der Waals surface area contributed by atoms with Gasteiger partial charge in [0.15, 0.2) is 0 Å². The van der Waals surface area contributed by atoms with Crippen LogP contribution >= 0.6 is 11.3 Å². The number of hydrogen-bond acceptors (Lipinski definition) is 3. The zero-order chi connectivity index (χ0) is 13.4. The molecule has 0 spiro atoms. The predicted octanol–water partition coefficient (Wildman–Crippen LogP) is 3.80. The second-order valence-electron chi connectivity index (χ2n) is 4.00. The van der Waals surface area contributed by atoms with E-state index in [1.54, 1.807) is 30.5 Å². The molecule has 0 aliphatic rings. The number of hydrogen-bond donors (Lipinski definition) is 1. The van der Waals surface area contributed by atoms with Crippen molar-refractivity contribution in [3.63, 3.8) is 0 Å². The maximum atomic E-state index is 12.9. The third kappa shape index (κ3) is 2.08. The molecule has 0 unspecified atom stereocenters.